The summed E-state index contributed by atoms with van der Waals surface area (Å²) in [6.07, 6.45) is 1.78. The number of benzene rings is 1. The highest BCUT2D eigenvalue weighted by Gasteiger charge is 2.12. The molecule has 0 aliphatic carbocycles. The van der Waals surface area contributed by atoms with Crippen molar-refractivity contribution in [2.24, 2.45) is 5.92 Å². The molecule has 4 nitrogen and oxygen atoms in total. The summed E-state index contributed by atoms with van der Waals surface area (Å²) >= 11 is 1.56. The fourth-order valence-corrected chi connectivity index (χ4v) is 3.33. The second-order valence-electron chi connectivity index (χ2n) is 5.83. The first-order valence-electron chi connectivity index (χ1n) is 7.67. The van der Waals surface area contributed by atoms with Gasteiger partial charge < -0.3 is 0 Å². The van der Waals surface area contributed by atoms with Gasteiger partial charge in [-0.05, 0) is 30.2 Å². The van der Waals surface area contributed by atoms with Crippen LogP contribution in [0.2, 0.25) is 0 Å². The van der Waals surface area contributed by atoms with Gasteiger partial charge in [0.1, 0.15) is 0 Å². The first-order valence-corrected chi connectivity index (χ1v) is 8.66. The zero-order chi connectivity index (χ0) is 16.2. The Labute approximate surface area is 139 Å². The molecule has 1 aromatic carbocycles. The fraction of sp³-hybridized carbons (Fsp3) is 0.278. The van der Waals surface area contributed by atoms with E-state index in [4.69, 9.17) is 4.98 Å². The molecule has 0 aliphatic heterocycles. The second-order valence-corrected chi connectivity index (χ2v) is 6.77. The summed E-state index contributed by atoms with van der Waals surface area (Å²) in [6, 6.07) is 13.4. The van der Waals surface area contributed by atoms with E-state index in [9.17, 15) is 4.79 Å². The number of thioether (sulfide) groups is 1. The Morgan fingerprint density at radius 2 is 1.91 bits per heavy atom. The zero-order valence-electron chi connectivity index (χ0n) is 13.3. The molecule has 2 aromatic heterocycles. The molecule has 0 unspecified atom stereocenters. The molecule has 0 saturated carbocycles. The maximum absolute atomic E-state index is 12.8. The highest BCUT2D eigenvalue weighted by Crippen LogP contribution is 2.22. The van der Waals surface area contributed by atoms with Crippen molar-refractivity contribution in [3.63, 3.8) is 0 Å². The minimum absolute atomic E-state index is 0.0350. The molecule has 3 rings (SSSR count). The third-order valence-corrected chi connectivity index (χ3v) is 4.46. The van der Waals surface area contributed by atoms with E-state index in [1.54, 1.807) is 22.5 Å². The van der Waals surface area contributed by atoms with Crippen LogP contribution in [0.4, 0.5) is 0 Å². The largest absolute Gasteiger partial charge is 0.287 e. The van der Waals surface area contributed by atoms with Crippen LogP contribution in [0.25, 0.3) is 10.9 Å². The van der Waals surface area contributed by atoms with Gasteiger partial charge in [0.15, 0.2) is 5.16 Å². The lowest BCUT2D eigenvalue weighted by molar-refractivity contribution is 0.475. The van der Waals surface area contributed by atoms with Crippen LogP contribution in [0, 0.1) is 5.92 Å². The number of nitrogens with zero attached hydrogens (tertiary/aromatic N) is 3. The molecule has 0 N–H and O–H groups in total. The van der Waals surface area contributed by atoms with Crippen LogP contribution in [0.3, 0.4) is 0 Å². The molecule has 0 atom stereocenters. The number of para-hydroxylation sites is 1. The van der Waals surface area contributed by atoms with Crippen molar-refractivity contribution in [3.8, 4) is 0 Å². The summed E-state index contributed by atoms with van der Waals surface area (Å²) in [7, 11) is 0. The van der Waals surface area contributed by atoms with Crippen molar-refractivity contribution >= 4 is 22.7 Å². The van der Waals surface area contributed by atoms with Crippen LogP contribution in [0.15, 0.2) is 58.6 Å². The van der Waals surface area contributed by atoms with Crippen molar-refractivity contribution in [1.29, 1.82) is 0 Å². The molecule has 0 bridgehead atoms. The van der Waals surface area contributed by atoms with E-state index in [0.717, 1.165) is 16.4 Å². The van der Waals surface area contributed by atoms with Crippen molar-refractivity contribution in [1.82, 2.24) is 14.5 Å². The predicted octanol–water partition coefficient (Wildman–Crippen LogP) is 3.74. The van der Waals surface area contributed by atoms with Gasteiger partial charge in [-0.15, -0.1) is 0 Å². The van der Waals surface area contributed by atoms with E-state index in [0.29, 0.717) is 23.6 Å². The van der Waals surface area contributed by atoms with Gasteiger partial charge in [0.05, 0.1) is 16.6 Å². The Morgan fingerprint density at radius 3 is 2.65 bits per heavy atom. The molecule has 0 fully saturated rings. The number of hydrogen-bond donors (Lipinski definition) is 0. The van der Waals surface area contributed by atoms with Gasteiger partial charge in [-0.25, -0.2) is 4.98 Å². The van der Waals surface area contributed by atoms with Crippen molar-refractivity contribution in [2.75, 3.05) is 0 Å². The maximum atomic E-state index is 12.8. The average molecular weight is 325 g/mol. The fourth-order valence-electron chi connectivity index (χ4n) is 2.41. The van der Waals surface area contributed by atoms with Crippen LogP contribution >= 0.6 is 11.8 Å². The summed E-state index contributed by atoms with van der Waals surface area (Å²) in [4.78, 5) is 21.8. The molecular weight excluding hydrogens is 306 g/mol. The zero-order valence-corrected chi connectivity index (χ0v) is 14.1. The first-order chi connectivity index (χ1) is 11.1. The average Bonchev–Trinajstić information content (AvgIpc) is 2.56. The van der Waals surface area contributed by atoms with Gasteiger partial charge in [-0.2, -0.15) is 0 Å². The Hall–Kier alpha value is -2.14. The maximum Gasteiger partial charge on any atom is 0.262 e. The summed E-state index contributed by atoms with van der Waals surface area (Å²) in [5, 5.41) is 1.43. The number of rotatable bonds is 5. The Morgan fingerprint density at radius 1 is 1.13 bits per heavy atom. The van der Waals surface area contributed by atoms with E-state index in [1.165, 1.54) is 0 Å². The number of aromatic nitrogens is 3. The minimum Gasteiger partial charge on any atom is -0.287 e. The Balaban J connectivity index is 2.01. The topological polar surface area (TPSA) is 47.8 Å². The summed E-state index contributed by atoms with van der Waals surface area (Å²) < 4.78 is 1.79. The van der Waals surface area contributed by atoms with E-state index < -0.39 is 0 Å². The Kier molecular flexibility index (Phi) is 4.76. The normalized spacial score (nSPS) is 11.3. The summed E-state index contributed by atoms with van der Waals surface area (Å²) in [5.74, 6) is 1.08. The van der Waals surface area contributed by atoms with Gasteiger partial charge in [0.2, 0.25) is 0 Å². The lowest BCUT2D eigenvalue weighted by atomic mass is 10.2. The highest BCUT2D eigenvalue weighted by molar-refractivity contribution is 7.98. The Bertz CT molecular complexity index is 859. The van der Waals surface area contributed by atoms with Gasteiger partial charge in [-0.1, -0.05) is 43.8 Å². The van der Waals surface area contributed by atoms with Gasteiger partial charge in [0, 0.05) is 18.5 Å². The van der Waals surface area contributed by atoms with Gasteiger partial charge in [0.25, 0.3) is 5.56 Å². The molecule has 5 heteroatoms. The standard InChI is InChI=1S/C18H19N3OS/c1-13(2)11-21-17(22)15-8-3-4-9-16(15)20-18(21)23-12-14-7-5-6-10-19-14/h3-10,13H,11-12H2,1-2H3. The van der Waals surface area contributed by atoms with Crippen LogP contribution in [-0.2, 0) is 12.3 Å². The van der Waals surface area contributed by atoms with Gasteiger partial charge >= 0.3 is 0 Å². The number of fused-ring (bicyclic) bond motifs is 1. The molecular formula is C18H19N3OS. The minimum atomic E-state index is 0.0350. The number of pyridine rings is 1. The molecule has 118 valence electrons. The third-order valence-electron chi connectivity index (χ3n) is 3.45. The van der Waals surface area contributed by atoms with E-state index in [1.807, 2.05) is 42.5 Å². The molecule has 3 aromatic rings. The van der Waals surface area contributed by atoms with Crippen LogP contribution < -0.4 is 5.56 Å². The van der Waals surface area contributed by atoms with Crippen molar-refractivity contribution in [2.45, 2.75) is 31.3 Å². The molecule has 23 heavy (non-hydrogen) atoms. The molecule has 0 radical (unpaired) electrons. The van der Waals surface area contributed by atoms with E-state index >= 15 is 0 Å². The molecule has 2 heterocycles. The molecule has 0 saturated heterocycles. The summed E-state index contributed by atoms with van der Waals surface area (Å²) in [6.45, 7) is 4.88. The van der Waals surface area contributed by atoms with E-state index in [-0.39, 0.29) is 5.56 Å². The molecule has 0 spiro atoms. The molecule has 0 aliphatic rings. The van der Waals surface area contributed by atoms with Crippen LogP contribution in [-0.4, -0.2) is 14.5 Å². The second kappa shape index (κ2) is 6.96. The summed E-state index contributed by atoms with van der Waals surface area (Å²) in [5.41, 5.74) is 1.77. The van der Waals surface area contributed by atoms with Crippen LogP contribution in [0.5, 0.6) is 0 Å². The van der Waals surface area contributed by atoms with Crippen molar-refractivity contribution < 1.29 is 0 Å². The SMILES string of the molecule is CC(C)Cn1c(SCc2ccccn2)nc2ccccc2c1=O. The monoisotopic (exact) mass is 325 g/mol. The third kappa shape index (κ3) is 3.62. The lowest BCUT2D eigenvalue weighted by Gasteiger charge is -2.14. The lowest BCUT2D eigenvalue weighted by Crippen LogP contribution is -2.25. The van der Waals surface area contributed by atoms with Crippen LogP contribution in [0.1, 0.15) is 19.5 Å². The van der Waals surface area contributed by atoms with Gasteiger partial charge in [-0.3, -0.25) is 14.3 Å². The quantitative estimate of drug-likeness (QED) is 0.529. The highest BCUT2D eigenvalue weighted by atomic mass is 32.2. The van der Waals surface area contributed by atoms with E-state index in [2.05, 4.69) is 18.8 Å². The van der Waals surface area contributed by atoms with Crippen molar-refractivity contribution in [3.05, 3.63) is 64.7 Å². The number of hydrogen-bond acceptors (Lipinski definition) is 4. The predicted molar refractivity (Wildman–Crippen MR) is 94.6 cm³/mol. The molecule has 0 amide bonds. The smallest absolute Gasteiger partial charge is 0.262 e. The first kappa shape index (κ1) is 15.7.